The second-order valence-corrected chi connectivity index (χ2v) is 4.53. The highest BCUT2D eigenvalue weighted by Crippen LogP contribution is 2.47. The molecule has 1 aliphatic carbocycles. The molecule has 1 aromatic rings. The molecule has 2 unspecified atom stereocenters. The van der Waals surface area contributed by atoms with E-state index in [4.69, 9.17) is 4.42 Å². The molecule has 1 fully saturated rings. The van der Waals surface area contributed by atoms with Gasteiger partial charge in [-0.05, 0) is 25.0 Å². The summed E-state index contributed by atoms with van der Waals surface area (Å²) in [6.07, 6.45) is 3.31. The summed E-state index contributed by atoms with van der Waals surface area (Å²) in [5, 5.41) is 5.37. The average molecular weight is 250 g/mol. The second kappa shape index (κ2) is 5.71. The molecular formula is C13H18N2O3. The molecule has 5 nitrogen and oxygen atoms in total. The minimum Gasteiger partial charge on any atom is -0.469 e. The van der Waals surface area contributed by atoms with Gasteiger partial charge in [-0.25, -0.2) is 0 Å². The molecule has 0 aromatic carbocycles. The van der Waals surface area contributed by atoms with Crippen molar-refractivity contribution in [3.8, 4) is 0 Å². The summed E-state index contributed by atoms with van der Waals surface area (Å²) in [6.45, 7) is 2.68. The highest BCUT2D eigenvalue weighted by atomic mass is 16.3. The van der Waals surface area contributed by atoms with Gasteiger partial charge in [-0.2, -0.15) is 0 Å². The fourth-order valence-corrected chi connectivity index (χ4v) is 1.93. The summed E-state index contributed by atoms with van der Waals surface area (Å²) in [7, 11) is 0. The number of amides is 2. The van der Waals surface area contributed by atoms with Crippen LogP contribution < -0.4 is 10.6 Å². The number of furan rings is 1. The van der Waals surface area contributed by atoms with Crippen LogP contribution in [0.3, 0.4) is 0 Å². The van der Waals surface area contributed by atoms with E-state index in [0.29, 0.717) is 6.54 Å². The van der Waals surface area contributed by atoms with Crippen molar-refractivity contribution in [2.75, 3.05) is 13.1 Å². The summed E-state index contributed by atoms with van der Waals surface area (Å²) in [4.78, 5) is 23.1. The molecule has 18 heavy (non-hydrogen) atoms. The molecule has 0 radical (unpaired) electrons. The highest BCUT2D eigenvalue weighted by molar-refractivity contribution is 5.87. The Morgan fingerprint density at radius 1 is 1.44 bits per heavy atom. The largest absolute Gasteiger partial charge is 0.469 e. The van der Waals surface area contributed by atoms with Crippen LogP contribution in [-0.4, -0.2) is 24.9 Å². The predicted octanol–water partition coefficient (Wildman–Crippen LogP) is 1.03. The van der Waals surface area contributed by atoms with Gasteiger partial charge in [0.25, 0.3) is 0 Å². The van der Waals surface area contributed by atoms with Crippen molar-refractivity contribution in [2.45, 2.75) is 25.7 Å². The monoisotopic (exact) mass is 250 g/mol. The SMILES string of the molecule is CCCNC(=O)CNC(=O)C1CC1c1ccco1. The minimum absolute atomic E-state index is 0.0462. The molecular weight excluding hydrogens is 232 g/mol. The molecule has 1 aliphatic rings. The van der Waals surface area contributed by atoms with E-state index >= 15 is 0 Å². The molecule has 1 aromatic heterocycles. The lowest BCUT2D eigenvalue weighted by atomic mass is 10.2. The van der Waals surface area contributed by atoms with Gasteiger partial charge in [0.05, 0.1) is 12.8 Å². The molecule has 0 aliphatic heterocycles. The summed E-state index contributed by atoms with van der Waals surface area (Å²) in [5.41, 5.74) is 0. The fraction of sp³-hybridized carbons (Fsp3) is 0.538. The summed E-state index contributed by atoms with van der Waals surface area (Å²) < 4.78 is 5.26. The average Bonchev–Trinajstić information content (AvgIpc) is 2.99. The Labute approximate surface area is 106 Å². The van der Waals surface area contributed by atoms with Gasteiger partial charge in [0.15, 0.2) is 0 Å². The fourth-order valence-electron chi connectivity index (χ4n) is 1.93. The Hall–Kier alpha value is -1.78. The van der Waals surface area contributed by atoms with E-state index in [1.807, 2.05) is 19.1 Å². The standard InChI is InChI=1S/C13H18N2O3/c1-2-5-14-12(16)8-15-13(17)10-7-9(10)11-4-3-6-18-11/h3-4,6,9-10H,2,5,7-8H2,1H3,(H,14,16)(H,15,17). The van der Waals surface area contributed by atoms with E-state index in [0.717, 1.165) is 18.6 Å². The first-order valence-electron chi connectivity index (χ1n) is 6.30. The first-order valence-corrected chi connectivity index (χ1v) is 6.30. The highest BCUT2D eigenvalue weighted by Gasteiger charge is 2.45. The van der Waals surface area contributed by atoms with Gasteiger partial charge in [0.1, 0.15) is 5.76 Å². The Kier molecular flexibility index (Phi) is 4.02. The van der Waals surface area contributed by atoms with Crippen LogP contribution in [-0.2, 0) is 9.59 Å². The molecule has 0 spiro atoms. The van der Waals surface area contributed by atoms with Gasteiger partial charge in [0, 0.05) is 18.4 Å². The van der Waals surface area contributed by atoms with Crippen molar-refractivity contribution >= 4 is 11.8 Å². The van der Waals surface area contributed by atoms with Crippen molar-refractivity contribution in [3.05, 3.63) is 24.2 Å². The van der Waals surface area contributed by atoms with Gasteiger partial charge in [0.2, 0.25) is 11.8 Å². The second-order valence-electron chi connectivity index (χ2n) is 4.53. The Bertz CT molecular complexity index is 414. The van der Waals surface area contributed by atoms with Crippen LogP contribution in [0.2, 0.25) is 0 Å². The maximum Gasteiger partial charge on any atom is 0.239 e. The van der Waals surface area contributed by atoms with Crippen molar-refractivity contribution in [1.29, 1.82) is 0 Å². The third kappa shape index (κ3) is 3.12. The summed E-state index contributed by atoms with van der Waals surface area (Å²) in [6, 6.07) is 3.70. The zero-order chi connectivity index (χ0) is 13.0. The molecule has 2 rings (SSSR count). The molecule has 1 saturated carbocycles. The smallest absolute Gasteiger partial charge is 0.239 e. The van der Waals surface area contributed by atoms with Crippen molar-refractivity contribution in [3.63, 3.8) is 0 Å². The van der Waals surface area contributed by atoms with Gasteiger partial charge in [-0.15, -0.1) is 0 Å². The van der Waals surface area contributed by atoms with Crippen LogP contribution >= 0.6 is 0 Å². The van der Waals surface area contributed by atoms with E-state index in [1.54, 1.807) is 6.26 Å². The molecule has 2 amide bonds. The normalized spacial score (nSPS) is 21.4. The van der Waals surface area contributed by atoms with Crippen LogP contribution in [0.4, 0.5) is 0 Å². The van der Waals surface area contributed by atoms with Crippen LogP contribution in [0.1, 0.15) is 31.4 Å². The minimum atomic E-state index is -0.139. The first-order chi connectivity index (χ1) is 8.72. The van der Waals surface area contributed by atoms with Crippen molar-refractivity contribution in [1.82, 2.24) is 10.6 Å². The molecule has 2 atom stereocenters. The van der Waals surface area contributed by atoms with E-state index in [9.17, 15) is 9.59 Å². The zero-order valence-corrected chi connectivity index (χ0v) is 10.4. The lowest BCUT2D eigenvalue weighted by molar-refractivity contribution is -0.126. The van der Waals surface area contributed by atoms with Crippen LogP contribution in [0.5, 0.6) is 0 Å². The number of hydrogen-bond acceptors (Lipinski definition) is 3. The topological polar surface area (TPSA) is 71.3 Å². The number of carbonyl (C=O) groups excluding carboxylic acids is 2. The van der Waals surface area contributed by atoms with Crippen LogP contribution in [0.25, 0.3) is 0 Å². The van der Waals surface area contributed by atoms with E-state index < -0.39 is 0 Å². The number of nitrogens with one attached hydrogen (secondary N) is 2. The quantitative estimate of drug-likeness (QED) is 0.792. The molecule has 1 heterocycles. The van der Waals surface area contributed by atoms with Gasteiger partial charge in [-0.3, -0.25) is 9.59 Å². The lowest BCUT2D eigenvalue weighted by Gasteiger charge is -2.05. The summed E-state index contributed by atoms with van der Waals surface area (Å²) >= 11 is 0. The lowest BCUT2D eigenvalue weighted by Crippen LogP contribution is -2.37. The third-order valence-corrected chi connectivity index (χ3v) is 3.03. The van der Waals surface area contributed by atoms with Crippen molar-refractivity contribution in [2.24, 2.45) is 5.92 Å². The molecule has 5 heteroatoms. The predicted molar refractivity (Wildman–Crippen MR) is 65.9 cm³/mol. The van der Waals surface area contributed by atoms with Crippen LogP contribution in [0.15, 0.2) is 22.8 Å². The first kappa shape index (κ1) is 12.7. The Balaban J connectivity index is 1.69. The summed E-state index contributed by atoms with van der Waals surface area (Å²) in [5.74, 6) is 0.780. The van der Waals surface area contributed by atoms with Gasteiger partial charge in [-0.1, -0.05) is 6.92 Å². The number of carbonyl (C=O) groups is 2. The molecule has 0 bridgehead atoms. The van der Waals surface area contributed by atoms with E-state index in [1.165, 1.54) is 0 Å². The van der Waals surface area contributed by atoms with Crippen LogP contribution in [0, 0.1) is 5.92 Å². The van der Waals surface area contributed by atoms with E-state index in [-0.39, 0.29) is 30.2 Å². The molecule has 98 valence electrons. The van der Waals surface area contributed by atoms with Gasteiger partial charge >= 0.3 is 0 Å². The molecule has 2 N–H and O–H groups in total. The Morgan fingerprint density at radius 3 is 2.94 bits per heavy atom. The molecule has 0 saturated heterocycles. The number of hydrogen-bond donors (Lipinski definition) is 2. The Morgan fingerprint density at radius 2 is 2.28 bits per heavy atom. The van der Waals surface area contributed by atoms with Gasteiger partial charge < -0.3 is 15.1 Å². The zero-order valence-electron chi connectivity index (χ0n) is 10.4. The third-order valence-electron chi connectivity index (χ3n) is 3.03. The maximum absolute atomic E-state index is 11.8. The number of rotatable bonds is 6. The maximum atomic E-state index is 11.8. The van der Waals surface area contributed by atoms with Crippen molar-refractivity contribution < 1.29 is 14.0 Å². The van der Waals surface area contributed by atoms with E-state index in [2.05, 4.69) is 10.6 Å².